The number of aryl methyl sites for hydroxylation is 1. The number of rotatable bonds is 8. The van der Waals surface area contributed by atoms with Crippen molar-refractivity contribution in [1.82, 2.24) is 5.32 Å². The van der Waals surface area contributed by atoms with Crippen LogP contribution in [-0.2, 0) is 19.6 Å². The Labute approximate surface area is 176 Å². The number of nitrogens with one attached hydrogen (secondary N) is 2. The molecule has 0 unspecified atom stereocenters. The maximum Gasteiger partial charge on any atom is 0.405 e. The Morgan fingerprint density at radius 3 is 2.29 bits per heavy atom. The molecule has 0 heterocycles. The number of esters is 1. The van der Waals surface area contributed by atoms with E-state index in [1.165, 1.54) is 19.2 Å². The van der Waals surface area contributed by atoms with Crippen molar-refractivity contribution >= 4 is 27.6 Å². The summed E-state index contributed by atoms with van der Waals surface area (Å²) in [6.45, 7) is -0.705. The van der Waals surface area contributed by atoms with E-state index in [9.17, 15) is 31.2 Å². The third-order valence-electron chi connectivity index (χ3n) is 3.81. The van der Waals surface area contributed by atoms with Crippen LogP contribution in [0.2, 0.25) is 0 Å². The van der Waals surface area contributed by atoms with Gasteiger partial charge in [0.25, 0.3) is 15.9 Å². The third-order valence-corrected chi connectivity index (χ3v) is 5.22. The zero-order chi connectivity index (χ0) is 23.2. The second-order valence-corrected chi connectivity index (χ2v) is 7.96. The zero-order valence-electron chi connectivity index (χ0n) is 16.4. The summed E-state index contributed by atoms with van der Waals surface area (Å²) in [7, 11) is -2.93. The number of amides is 1. The van der Waals surface area contributed by atoms with Gasteiger partial charge in [-0.05, 0) is 37.3 Å². The standard InChI is InChI=1S/C19H19F3N2O6S/c1-12-3-6-14(7-4-12)24-31(27,28)16-9-13(5-8-15(16)29-2)18(26)30-10-17(25)23-11-19(20,21)22/h3-9,24H,10-11H2,1-2H3,(H,23,25). The molecule has 2 aromatic carbocycles. The molecule has 0 fully saturated rings. The van der Waals surface area contributed by atoms with Gasteiger partial charge in [0.05, 0.1) is 12.7 Å². The van der Waals surface area contributed by atoms with Gasteiger partial charge in [-0.15, -0.1) is 0 Å². The topological polar surface area (TPSA) is 111 Å². The number of benzene rings is 2. The molecule has 0 bridgehead atoms. The van der Waals surface area contributed by atoms with Crippen LogP contribution < -0.4 is 14.8 Å². The number of anilines is 1. The fraction of sp³-hybridized carbons (Fsp3) is 0.263. The summed E-state index contributed by atoms with van der Waals surface area (Å²) in [4.78, 5) is 23.1. The minimum absolute atomic E-state index is 0.0564. The summed E-state index contributed by atoms with van der Waals surface area (Å²) in [5.41, 5.74) is 0.959. The quantitative estimate of drug-likeness (QED) is 0.586. The van der Waals surface area contributed by atoms with Gasteiger partial charge in [-0.25, -0.2) is 13.2 Å². The molecule has 0 aliphatic heterocycles. The Morgan fingerprint density at radius 1 is 1.06 bits per heavy atom. The number of methoxy groups -OCH3 is 1. The van der Waals surface area contributed by atoms with Crippen molar-refractivity contribution in [2.24, 2.45) is 0 Å². The molecule has 0 spiro atoms. The molecular weight excluding hydrogens is 441 g/mol. The van der Waals surface area contributed by atoms with Gasteiger partial charge in [-0.2, -0.15) is 13.2 Å². The van der Waals surface area contributed by atoms with Crippen molar-refractivity contribution in [3.05, 3.63) is 53.6 Å². The lowest BCUT2D eigenvalue weighted by molar-refractivity contribution is -0.140. The van der Waals surface area contributed by atoms with E-state index in [4.69, 9.17) is 4.74 Å². The van der Waals surface area contributed by atoms with E-state index in [0.717, 1.165) is 11.6 Å². The lowest BCUT2D eigenvalue weighted by atomic mass is 10.2. The predicted octanol–water partition coefficient (Wildman–Crippen LogP) is 2.64. The number of halogens is 3. The molecule has 168 valence electrons. The minimum atomic E-state index is -4.61. The maximum absolute atomic E-state index is 12.8. The molecule has 0 aromatic heterocycles. The van der Waals surface area contributed by atoms with E-state index >= 15 is 0 Å². The molecule has 0 aliphatic rings. The number of hydrogen-bond donors (Lipinski definition) is 2. The van der Waals surface area contributed by atoms with Crippen molar-refractivity contribution in [2.45, 2.75) is 18.0 Å². The van der Waals surface area contributed by atoms with Crippen molar-refractivity contribution in [2.75, 3.05) is 25.0 Å². The Morgan fingerprint density at radius 2 is 1.71 bits per heavy atom. The van der Waals surface area contributed by atoms with Crippen LogP contribution in [0.3, 0.4) is 0 Å². The van der Waals surface area contributed by atoms with Crippen LogP contribution >= 0.6 is 0 Å². The van der Waals surface area contributed by atoms with Crippen LogP contribution in [0.4, 0.5) is 18.9 Å². The summed E-state index contributed by atoms with van der Waals surface area (Å²) in [5, 5.41) is 1.55. The lowest BCUT2D eigenvalue weighted by Crippen LogP contribution is -2.36. The van der Waals surface area contributed by atoms with Crippen LogP contribution in [0, 0.1) is 6.92 Å². The zero-order valence-corrected chi connectivity index (χ0v) is 17.3. The Hall–Kier alpha value is -3.28. The third kappa shape index (κ3) is 7.17. The van der Waals surface area contributed by atoms with Gasteiger partial charge in [-0.3, -0.25) is 9.52 Å². The molecule has 0 saturated heterocycles. The molecule has 0 aliphatic carbocycles. The van der Waals surface area contributed by atoms with Crippen LogP contribution in [-0.4, -0.2) is 46.7 Å². The highest BCUT2D eigenvalue weighted by Gasteiger charge is 2.28. The molecule has 0 radical (unpaired) electrons. The molecular formula is C19H19F3N2O6S. The second-order valence-electron chi connectivity index (χ2n) is 6.31. The first kappa shape index (κ1) is 24.0. The fourth-order valence-electron chi connectivity index (χ4n) is 2.31. The van der Waals surface area contributed by atoms with E-state index in [0.29, 0.717) is 0 Å². The molecule has 2 rings (SSSR count). The number of carbonyl (C=O) groups excluding carboxylic acids is 2. The van der Waals surface area contributed by atoms with Crippen LogP contribution in [0.25, 0.3) is 0 Å². The second kappa shape index (κ2) is 9.69. The molecule has 8 nitrogen and oxygen atoms in total. The van der Waals surface area contributed by atoms with E-state index in [2.05, 4.69) is 9.46 Å². The molecule has 2 aromatic rings. The lowest BCUT2D eigenvalue weighted by Gasteiger charge is -2.13. The predicted molar refractivity (Wildman–Crippen MR) is 104 cm³/mol. The summed E-state index contributed by atoms with van der Waals surface area (Å²) >= 11 is 0. The van der Waals surface area contributed by atoms with Gasteiger partial charge >= 0.3 is 12.1 Å². The Balaban J connectivity index is 2.16. The molecule has 31 heavy (non-hydrogen) atoms. The van der Waals surface area contributed by atoms with E-state index < -0.39 is 41.2 Å². The van der Waals surface area contributed by atoms with E-state index in [1.807, 2.05) is 6.92 Å². The SMILES string of the molecule is COc1ccc(C(=O)OCC(=O)NCC(F)(F)F)cc1S(=O)(=O)Nc1ccc(C)cc1. The molecule has 0 saturated carbocycles. The number of carbonyl (C=O) groups is 2. The fourth-order valence-corrected chi connectivity index (χ4v) is 3.56. The molecule has 1 amide bonds. The van der Waals surface area contributed by atoms with Crippen LogP contribution in [0.15, 0.2) is 47.4 Å². The maximum atomic E-state index is 12.8. The van der Waals surface area contributed by atoms with Crippen molar-refractivity contribution in [3.8, 4) is 5.75 Å². The number of sulfonamides is 1. The van der Waals surface area contributed by atoms with Gasteiger partial charge in [0.2, 0.25) is 0 Å². The monoisotopic (exact) mass is 460 g/mol. The highest BCUT2D eigenvalue weighted by atomic mass is 32.2. The normalized spacial score (nSPS) is 11.5. The summed E-state index contributed by atoms with van der Waals surface area (Å²) in [6.07, 6.45) is -4.61. The van der Waals surface area contributed by atoms with Crippen molar-refractivity contribution in [3.63, 3.8) is 0 Å². The van der Waals surface area contributed by atoms with Gasteiger partial charge in [-0.1, -0.05) is 17.7 Å². The summed E-state index contributed by atoms with van der Waals surface area (Å²) in [6, 6.07) is 9.89. The number of alkyl halides is 3. The van der Waals surface area contributed by atoms with Gasteiger partial charge < -0.3 is 14.8 Å². The van der Waals surface area contributed by atoms with Gasteiger partial charge in [0.1, 0.15) is 17.2 Å². The summed E-state index contributed by atoms with van der Waals surface area (Å²) in [5.74, 6) is -2.32. The number of hydrogen-bond acceptors (Lipinski definition) is 6. The molecule has 2 N–H and O–H groups in total. The van der Waals surface area contributed by atoms with Crippen LogP contribution in [0.1, 0.15) is 15.9 Å². The Kier molecular flexibility index (Phi) is 7.50. The van der Waals surface area contributed by atoms with Crippen molar-refractivity contribution in [1.29, 1.82) is 0 Å². The first-order chi connectivity index (χ1) is 14.4. The Bertz CT molecular complexity index is 1050. The highest BCUT2D eigenvalue weighted by molar-refractivity contribution is 7.92. The highest BCUT2D eigenvalue weighted by Crippen LogP contribution is 2.27. The van der Waals surface area contributed by atoms with Crippen LogP contribution in [0.5, 0.6) is 5.75 Å². The average Bonchev–Trinajstić information content (AvgIpc) is 2.71. The first-order valence-corrected chi connectivity index (χ1v) is 10.2. The summed E-state index contributed by atoms with van der Waals surface area (Å²) < 4.78 is 73.9. The smallest absolute Gasteiger partial charge is 0.405 e. The van der Waals surface area contributed by atoms with Crippen molar-refractivity contribution < 1.29 is 40.7 Å². The van der Waals surface area contributed by atoms with E-state index in [1.54, 1.807) is 29.6 Å². The van der Waals surface area contributed by atoms with Gasteiger partial charge in [0, 0.05) is 5.69 Å². The minimum Gasteiger partial charge on any atom is -0.495 e. The molecule has 12 heteroatoms. The first-order valence-electron chi connectivity index (χ1n) is 8.69. The molecule has 0 atom stereocenters. The van der Waals surface area contributed by atoms with E-state index in [-0.39, 0.29) is 21.9 Å². The largest absolute Gasteiger partial charge is 0.495 e. The number of ether oxygens (including phenoxy) is 2. The average molecular weight is 460 g/mol. The van der Waals surface area contributed by atoms with Gasteiger partial charge in [0.15, 0.2) is 6.61 Å².